The van der Waals surface area contributed by atoms with E-state index in [9.17, 15) is 19.6 Å². The average molecular weight is 312 g/mol. The Bertz CT molecular complexity index is 691. The van der Waals surface area contributed by atoms with Gasteiger partial charge in [0, 0.05) is 6.07 Å². The van der Waals surface area contributed by atoms with Crippen molar-refractivity contribution in [2.75, 3.05) is 0 Å². The maximum Gasteiger partial charge on any atom is 0.313 e. The number of halogens is 2. The molecule has 0 radical (unpaired) electrons. The quantitative estimate of drug-likeness (QED) is 0.677. The Morgan fingerprint density at radius 1 is 1.38 bits per heavy atom. The number of hydrogen-bond donors (Lipinski definition) is 1. The van der Waals surface area contributed by atoms with Crippen molar-refractivity contribution < 1.29 is 19.2 Å². The first kappa shape index (κ1) is 15.2. The third kappa shape index (κ3) is 3.29. The summed E-state index contributed by atoms with van der Waals surface area (Å²) in [5, 5.41) is 20.3. The Hall–Kier alpha value is -2.18. The molecule has 0 fully saturated rings. The van der Waals surface area contributed by atoms with E-state index in [1.165, 1.54) is 37.3 Å². The van der Waals surface area contributed by atoms with Crippen LogP contribution < -0.4 is 4.74 Å². The summed E-state index contributed by atoms with van der Waals surface area (Å²) >= 11 is 5.87. The predicted molar refractivity (Wildman–Crippen MR) is 75.2 cm³/mol. The topological polar surface area (TPSA) is 72.6 Å². The van der Waals surface area contributed by atoms with Gasteiger partial charge in [0.05, 0.1) is 16.0 Å². The van der Waals surface area contributed by atoms with Gasteiger partial charge in [-0.3, -0.25) is 10.1 Å². The fourth-order valence-electron chi connectivity index (χ4n) is 1.71. The van der Waals surface area contributed by atoms with Crippen molar-refractivity contribution >= 4 is 17.3 Å². The number of aliphatic hydroxyl groups is 1. The average Bonchev–Trinajstić information content (AvgIpc) is 2.42. The number of nitro groups is 1. The van der Waals surface area contributed by atoms with Crippen LogP contribution in [-0.2, 0) is 0 Å². The Labute approximate surface area is 124 Å². The first-order valence-corrected chi connectivity index (χ1v) is 6.36. The van der Waals surface area contributed by atoms with Gasteiger partial charge >= 0.3 is 5.69 Å². The molecule has 0 amide bonds. The summed E-state index contributed by atoms with van der Waals surface area (Å²) in [4.78, 5) is 10.3. The fourth-order valence-corrected chi connectivity index (χ4v) is 1.92. The number of ether oxygens (including phenoxy) is 1. The van der Waals surface area contributed by atoms with Crippen molar-refractivity contribution in [1.29, 1.82) is 0 Å². The van der Waals surface area contributed by atoms with E-state index < -0.39 is 16.8 Å². The first-order chi connectivity index (χ1) is 9.90. The van der Waals surface area contributed by atoms with Crippen molar-refractivity contribution in [1.82, 2.24) is 0 Å². The van der Waals surface area contributed by atoms with Crippen LogP contribution in [0.3, 0.4) is 0 Å². The molecule has 2 rings (SSSR count). The zero-order valence-corrected chi connectivity index (χ0v) is 11.7. The van der Waals surface area contributed by atoms with Gasteiger partial charge in [0.1, 0.15) is 0 Å². The van der Waals surface area contributed by atoms with E-state index in [1.807, 2.05) is 0 Å². The maximum absolute atomic E-state index is 13.9. The van der Waals surface area contributed by atoms with Crippen LogP contribution in [0.5, 0.6) is 11.5 Å². The lowest BCUT2D eigenvalue weighted by Crippen LogP contribution is -1.97. The highest BCUT2D eigenvalue weighted by Crippen LogP contribution is 2.38. The molecule has 110 valence electrons. The minimum atomic E-state index is -0.830. The number of hydrogen-bond acceptors (Lipinski definition) is 4. The van der Waals surface area contributed by atoms with E-state index in [0.717, 1.165) is 6.07 Å². The highest BCUT2D eigenvalue weighted by molar-refractivity contribution is 6.32. The van der Waals surface area contributed by atoms with Crippen LogP contribution in [0.4, 0.5) is 10.1 Å². The molecule has 0 saturated carbocycles. The number of aliphatic hydroxyl groups excluding tert-OH is 1. The fraction of sp³-hybridized carbons (Fsp3) is 0.143. The standard InChI is InChI=1S/C14H11ClFNO4/c1-8(18)9-5-6-13(11(16)7-9)21-14-10(15)3-2-4-12(14)17(19)20/h2-8,18H,1H3/t8-/m0/s1. The monoisotopic (exact) mass is 311 g/mol. The van der Waals surface area contributed by atoms with Crippen LogP contribution in [0, 0.1) is 15.9 Å². The van der Waals surface area contributed by atoms with Gasteiger partial charge in [-0.1, -0.05) is 23.7 Å². The molecule has 21 heavy (non-hydrogen) atoms. The molecule has 0 saturated heterocycles. The van der Waals surface area contributed by atoms with Crippen molar-refractivity contribution in [2.24, 2.45) is 0 Å². The summed E-state index contributed by atoms with van der Waals surface area (Å²) in [7, 11) is 0. The second kappa shape index (κ2) is 6.07. The van der Waals surface area contributed by atoms with Crippen molar-refractivity contribution in [2.45, 2.75) is 13.0 Å². The molecule has 0 aliphatic carbocycles. The van der Waals surface area contributed by atoms with Gasteiger partial charge in [0.15, 0.2) is 11.6 Å². The Kier molecular flexibility index (Phi) is 4.40. The summed E-state index contributed by atoms with van der Waals surface area (Å²) in [6, 6.07) is 7.87. The molecular weight excluding hydrogens is 301 g/mol. The molecule has 0 aromatic heterocycles. The first-order valence-electron chi connectivity index (χ1n) is 5.98. The second-order valence-corrected chi connectivity index (χ2v) is 4.72. The van der Waals surface area contributed by atoms with Gasteiger partial charge in [-0.2, -0.15) is 0 Å². The lowest BCUT2D eigenvalue weighted by molar-refractivity contribution is -0.385. The predicted octanol–water partition coefficient (Wildman–Crippen LogP) is 4.23. The molecule has 0 aliphatic rings. The summed E-state index contributed by atoms with van der Waals surface area (Å²) in [6.45, 7) is 1.49. The largest absolute Gasteiger partial charge is 0.445 e. The van der Waals surface area contributed by atoms with Gasteiger partial charge < -0.3 is 9.84 Å². The summed E-state index contributed by atoms with van der Waals surface area (Å²) in [6.07, 6.45) is -0.830. The lowest BCUT2D eigenvalue weighted by Gasteiger charge is -2.11. The van der Waals surface area contributed by atoms with Crippen LogP contribution in [0.15, 0.2) is 36.4 Å². The van der Waals surface area contributed by atoms with Crippen LogP contribution >= 0.6 is 11.6 Å². The Morgan fingerprint density at radius 3 is 2.67 bits per heavy atom. The molecule has 2 aromatic rings. The van der Waals surface area contributed by atoms with E-state index in [4.69, 9.17) is 16.3 Å². The molecule has 0 heterocycles. The minimum absolute atomic E-state index is 0.00297. The molecule has 2 aromatic carbocycles. The summed E-state index contributed by atoms with van der Waals surface area (Å²) in [5.74, 6) is -1.19. The van der Waals surface area contributed by atoms with E-state index in [1.54, 1.807) is 0 Å². The molecular formula is C14H11ClFNO4. The molecule has 1 atom stereocenters. The van der Waals surface area contributed by atoms with Crippen LogP contribution in [-0.4, -0.2) is 10.0 Å². The van der Waals surface area contributed by atoms with Gasteiger partial charge in [0.2, 0.25) is 5.75 Å². The molecule has 0 unspecified atom stereocenters. The van der Waals surface area contributed by atoms with Gasteiger partial charge in [-0.15, -0.1) is 0 Å². The third-order valence-corrected chi connectivity index (χ3v) is 3.09. The smallest absolute Gasteiger partial charge is 0.313 e. The number of nitro benzene ring substituents is 1. The SMILES string of the molecule is C[C@H](O)c1ccc(Oc2c(Cl)cccc2[N+](=O)[O-])c(F)c1. The van der Waals surface area contributed by atoms with E-state index in [0.29, 0.717) is 5.56 Å². The van der Waals surface area contributed by atoms with Gasteiger partial charge in [0.25, 0.3) is 0 Å². The maximum atomic E-state index is 13.9. The number of nitrogens with zero attached hydrogens (tertiary/aromatic N) is 1. The normalized spacial score (nSPS) is 12.0. The zero-order valence-electron chi connectivity index (χ0n) is 10.9. The highest BCUT2D eigenvalue weighted by Gasteiger charge is 2.20. The van der Waals surface area contributed by atoms with Crippen molar-refractivity contribution in [3.63, 3.8) is 0 Å². The van der Waals surface area contributed by atoms with E-state index in [-0.39, 0.29) is 22.2 Å². The zero-order chi connectivity index (χ0) is 15.6. The van der Waals surface area contributed by atoms with Crippen LogP contribution in [0.25, 0.3) is 0 Å². The molecule has 0 bridgehead atoms. The summed E-state index contributed by atoms with van der Waals surface area (Å²) in [5.41, 5.74) is 0.00927. The van der Waals surface area contributed by atoms with E-state index in [2.05, 4.69) is 0 Å². The van der Waals surface area contributed by atoms with Gasteiger partial charge in [-0.05, 0) is 30.7 Å². The van der Waals surface area contributed by atoms with Crippen LogP contribution in [0.2, 0.25) is 5.02 Å². The van der Waals surface area contributed by atoms with Crippen LogP contribution in [0.1, 0.15) is 18.6 Å². The Morgan fingerprint density at radius 2 is 2.10 bits per heavy atom. The molecule has 0 aliphatic heterocycles. The van der Waals surface area contributed by atoms with Crippen molar-refractivity contribution in [3.8, 4) is 11.5 Å². The van der Waals surface area contributed by atoms with Gasteiger partial charge in [-0.25, -0.2) is 4.39 Å². The molecule has 5 nitrogen and oxygen atoms in total. The number of benzene rings is 2. The minimum Gasteiger partial charge on any atom is -0.445 e. The summed E-state index contributed by atoms with van der Waals surface area (Å²) < 4.78 is 19.1. The Balaban J connectivity index is 2.41. The second-order valence-electron chi connectivity index (χ2n) is 4.31. The highest BCUT2D eigenvalue weighted by atomic mass is 35.5. The third-order valence-electron chi connectivity index (χ3n) is 2.79. The molecule has 0 spiro atoms. The lowest BCUT2D eigenvalue weighted by atomic mass is 10.1. The molecule has 1 N–H and O–H groups in total. The van der Waals surface area contributed by atoms with E-state index >= 15 is 0 Å². The van der Waals surface area contributed by atoms with Crippen molar-refractivity contribution in [3.05, 3.63) is 62.9 Å². The molecule has 7 heteroatoms. The number of rotatable bonds is 4. The number of para-hydroxylation sites is 1.